The smallest absolute Gasteiger partial charge is 0.208 e. The maximum atomic E-state index is 10.8. The largest absolute Gasteiger partial charge is 0.383 e. The molecule has 6 heteroatoms. The molecule has 98 valence electrons. The van der Waals surface area contributed by atoms with Crippen molar-refractivity contribution in [3.8, 4) is 0 Å². The average Bonchev–Trinajstić information content (AvgIpc) is 2.13. The fourth-order valence-corrected chi connectivity index (χ4v) is 1.82. The molecule has 0 aromatic heterocycles. The molecule has 0 spiro atoms. The quantitative estimate of drug-likeness (QED) is 0.575. The number of nitrogens with one attached hydrogen (secondary N) is 2. The molecule has 0 radical (unpaired) electrons. The normalized spacial score (nSPS) is 14.3. The summed E-state index contributed by atoms with van der Waals surface area (Å²) in [7, 11) is -1.37. The van der Waals surface area contributed by atoms with Crippen LogP contribution < -0.4 is 10.0 Å². The minimum absolute atomic E-state index is 0.322. The van der Waals surface area contributed by atoms with Crippen LogP contribution in [0.5, 0.6) is 0 Å². The molecule has 0 fully saturated rings. The van der Waals surface area contributed by atoms with Gasteiger partial charge in [-0.25, -0.2) is 13.1 Å². The van der Waals surface area contributed by atoms with Gasteiger partial charge in [0.1, 0.15) is 0 Å². The van der Waals surface area contributed by atoms with E-state index in [1.165, 1.54) is 6.26 Å². The topological polar surface area (TPSA) is 67.4 Å². The van der Waals surface area contributed by atoms with Crippen LogP contribution in [0.1, 0.15) is 20.3 Å². The van der Waals surface area contributed by atoms with Crippen molar-refractivity contribution in [3.63, 3.8) is 0 Å². The highest BCUT2D eigenvalue weighted by atomic mass is 32.2. The second-order valence-electron chi connectivity index (χ2n) is 4.28. The fraction of sp³-hybridized carbons (Fsp3) is 1.00. The van der Waals surface area contributed by atoms with E-state index in [0.29, 0.717) is 25.1 Å². The van der Waals surface area contributed by atoms with Crippen molar-refractivity contribution >= 4 is 10.0 Å². The first-order chi connectivity index (χ1) is 7.37. The second-order valence-corrected chi connectivity index (χ2v) is 6.11. The van der Waals surface area contributed by atoms with Crippen molar-refractivity contribution in [2.24, 2.45) is 5.92 Å². The zero-order chi connectivity index (χ0) is 12.6. The number of hydrogen-bond donors (Lipinski definition) is 2. The minimum Gasteiger partial charge on any atom is -0.383 e. The molecule has 0 aliphatic carbocycles. The van der Waals surface area contributed by atoms with E-state index in [1.807, 2.05) is 0 Å². The fourth-order valence-electron chi connectivity index (χ4n) is 1.30. The van der Waals surface area contributed by atoms with Gasteiger partial charge < -0.3 is 10.1 Å². The Kier molecular flexibility index (Phi) is 7.91. The first kappa shape index (κ1) is 15.8. The van der Waals surface area contributed by atoms with Crippen molar-refractivity contribution in [2.75, 3.05) is 33.1 Å². The van der Waals surface area contributed by atoms with Crippen LogP contribution in [0.15, 0.2) is 0 Å². The summed E-state index contributed by atoms with van der Waals surface area (Å²) in [4.78, 5) is 0. The van der Waals surface area contributed by atoms with Gasteiger partial charge in [-0.15, -0.1) is 0 Å². The van der Waals surface area contributed by atoms with Gasteiger partial charge in [0.15, 0.2) is 0 Å². The van der Waals surface area contributed by atoms with Gasteiger partial charge in [-0.05, 0) is 18.9 Å². The minimum atomic E-state index is -3.05. The van der Waals surface area contributed by atoms with Crippen LogP contribution in [0.4, 0.5) is 0 Å². The van der Waals surface area contributed by atoms with E-state index in [4.69, 9.17) is 4.74 Å². The summed E-state index contributed by atoms with van der Waals surface area (Å²) in [5.74, 6) is 0.503. The number of hydrogen-bond acceptors (Lipinski definition) is 4. The number of methoxy groups -OCH3 is 1. The highest BCUT2D eigenvalue weighted by Gasteiger charge is 2.11. The van der Waals surface area contributed by atoms with Gasteiger partial charge in [-0.1, -0.05) is 13.8 Å². The molecule has 5 nitrogen and oxygen atoms in total. The lowest BCUT2D eigenvalue weighted by molar-refractivity contribution is 0.147. The van der Waals surface area contributed by atoms with E-state index in [-0.39, 0.29) is 0 Å². The highest BCUT2D eigenvalue weighted by molar-refractivity contribution is 7.88. The van der Waals surface area contributed by atoms with E-state index in [1.54, 1.807) is 7.11 Å². The van der Waals surface area contributed by atoms with Crippen molar-refractivity contribution in [1.82, 2.24) is 10.0 Å². The van der Waals surface area contributed by atoms with Crippen molar-refractivity contribution in [3.05, 3.63) is 0 Å². The van der Waals surface area contributed by atoms with Crippen LogP contribution in [0.25, 0.3) is 0 Å². The predicted molar refractivity (Wildman–Crippen MR) is 66.0 cm³/mol. The average molecular weight is 252 g/mol. The summed E-state index contributed by atoms with van der Waals surface area (Å²) in [5.41, 5.74) is 0. The number of sulfonamides is 1. The first-order valence-corrected chi connectivity index (χ1v) is 7.43. The third kappa shape index (κ3) is 9.08. The zero-order valence-electron chi connectivity index (χ0n) is 10.6. The van der Waals surface area contributed by atoms with Crippen molar-refractivity contribution in [2.45, 2.75) is 26.3 Å². The van der Waals surface area contributed by atoms with Crippen LogP contribution in [-0.4, -0.2) is 47.5 Å². The predicted octanol–water partition coefficient (Wildman–Crippen LogP) is 0.186. The molecular formula is C10H24N2O3S. The van der Waals surface area contributed by atoms with E-state index >= 15 is 0 Å². The van der Waals surface area contributed by atoms with E-state index in [9.17, 15) is 8.42 Å². The van der Waals surface area contributed by atoms with Crippen molar-refractivity contribution in [1.29, 1.82) is 0 Å². The number of rotatable bonds is 9. The van der Waals surface area contributed by atoms with Crippen molar-refractivity contribution < 1.29 is 13.2 Å². The monoisotopic (exact) mass is 252 g/mol. The molecule has 0 aliphatic heterocycles. The van der Waals surface area contributed by atoms with Gasteiger partial charge in [-0.3, -0.25) is 0 Å². The number of ether oxygens (including phenoxy) is 1. The summed E-state index contributed by atoms with van der Waals surface area (Å²) in [6, 6.07) is 0.322. The lowest BCUT2D eigenvalue weighted by Gasteiger charge is -2.21. The van der Waals surface area contributed by atoms with Gasteiger partial charge in [-0.2, -0.15) is 0 Å². The molecule has 2 N–H and O–H groups in total. The van der Waals surface area contributed by atoms with Gasteiger partial charge in [0.25, 0.3) is 0 Å². The Morgan fingerprint density at radius 3 is 2.31 bits per heavy atom. The van der Waals surface area contributed by atoms with Crippen LogP contribution in [0, 0.1) is 5.92 Å². The Morgan fingerprint density at radius 2 is 1.88 bits per heavy atom. The Morgan fingerprint density at radius 1 is 1.25 bits per heavy atom. The third-order valence-corrected chi connectivity index (χ3v) is 3.00. The Labute approximate surface area is 99.0 Å². The first-order valence-electron chi connectivity index (χ1n) is 5.53. The molecular weight excluding hydrogens is 228 g/mol. The van der Waals surface area contributed by atoms with E-state index in [2.05, 4.69) is 23.9 Å². The van der Waals surface area contributed by atoms with Crippen LogP contribution in [0.2, 0.25) is 0 Å². The van der Waals surface area contributed by atoms with Gasteiger partial charge in [0, 0.05) is 19.7 Å². The molecule has 0 aliphatic rings. The lowest BCUT2D eigenvalue weighted by Crippen LogP contribution is -2.39. The zero-order valence-corrected chi connectivity index (χ0v) is 11.4. The molecule has 0 aromatic carbocycles. The van der Waals surface area contributed by atoms with Gasteiger partial charge in [0.2, 0.25) is 10.0 Å². The highest BCUT2D eigenvalue weighted by Crippen LogP contribution is 2.01. The lowest BCUT2D eigenvalue weighted by atomic mass is 10.1. The molecule has 16 heavy (non-hydrogen) atoms. The van der Waals surface area contributed by atoms with Crippen LogP contribution in [0.3, 0.4) is 0 Å². The summed E-state index contributed by atoms with van der Waals surface area (Å²) in [5, 5.41) is 3.35. The molecule has 0 bridgehead atoms. The molecule has 0 amide bonds. The molecule has 0 saturated carbocycles. The summed E-state index contributed by atoms with van der Waals surface area (Å²) in [6.07, 6.45) is 1.95. The Bertz CT molecular complexity index is 265. The Balaban J connectivity index is 3.63. The molecule has 0 heterocycles. The van der Waals surface area contributed by atoms with Crippen LogP contribution in [-0.2, 0) is 14.8 Å². The van der Waals surface area contributed by atoms with E-state index in [0.717, 1.165) is 13.0 Å². The SMILES string of the molecule is COCC(NCCCNS(C)(=O)=O)C(C)C. The third-order valence-electron chi connectivity index (χ3n) is 2.28. The molecule has 1 atom stereocenters. The molecule has 0 saturated heterocycles. The summed E-state index contributed by atoms with van der Waals surface area (Å²) < 4.78 is 29.1. The maximum absolute atomic E-state index is 10.8. The molecule has 1 unspecified atom stereocenters. The van der Waals surface area contributed by atoms with Gasteiger partial charge >= 0.3 is 0 Å². The maximum Gasteiger partial charge on any atom is 0.208 e. The second kappa shape index (κ2) is 8.00. The molecule has 0 aromatic rings. The summed E-state index contributed by atoms with van der Waals surface area (Å²) >= 11 is 0. The Hall–Kier alpha value is -0.170. The molecule has 0 rings (SSSR count). The van der Waals surface area contributed by atoms with Crippen LogP contribution >= 0.6 is 0 Å². The van der Waals surface area contributed by atoms with Gasteiger partial charge in [0.05, 0.1) is 12.9 Å². The summed E-state index contributed by atoms with van der Waals surface area (Å²) in [6.45, 7) is 6.20. The van der Waals surface area contributed by atoms with E-state index < -0.39 is 10.0 Å². The standard InChI is InChI=1S/C10H24N2O3S/c1-9(2)10(8-15-3)11-6-5-7-12-16(4,13)14/h9-12H,5-8H2,1-4H3.